The third-order valence-electron chi connectivity index (χ3n) is 4.37. The highest BCUT2D eigenvalue weighted by Crippen LogP contribution is 2.38. The molecule has 24 heavy (non-hydrogen) atoms. The van der Waals surface area contributed by atoms with E-state index in [1.165, 1.54) is 0 Å². The van der Waals surface area contributed by atoms with Crippen molar-refractivity contribution in [2.24, 2.45) is 0 Å². The normalized spacial score (nSPS) is 11.9. The minimum absolute atomic E-state index is 0.0122. The van der Waals surface area contributed by atoms with E-state index in [2.05, 4.69) is 0 Å². The Kier molecular flexibility index (Phi) is 3.28. The van der Waals surface area contributed by atoms with Crippen LogP contribution in [-0.2, 0) is 11.2 Å². The average Bonchev–Trinajstić information content (AvgIpc) is 2.88. The molecule has 3 heteroatoms. The van der Waals surface area contributed by atoms with E-state index in [0.29, 0.717) is 0 Å². The molecule has 1 aliphatic carbocycles. The Hall–Kier alpha value is -3.20. The van der Waals surface area contributed by atoms with Crippen molar-refractivity contribution < 1.29 is 14.7 Å². The number of fused-ring (bicyclic) bond motifs is 3. The fourth-order valence-corrected chi connectivity index (χ4v) is 3.20. The molecule has 0 amide bonds. The first-order chi connectivity index (χ1) is 11.6. The van der Waals surface area contributed by atoms with Crippen LogP contribution in [0.2, 0.25) is 0 Å². The molecule has 0 spiro atoms. The van der Waals surface area contributed by atoms with Gasteiger partial charge in [-0.15, -0.1) is 0 Å². The number of benzene rings is 3. The maximum Gasteiger partial charge on any atom is 0.307 e. The van der Waals surface area contributed by atoms with Gasteiger partial charge in [0.25, 0.3) is 0 Å². The van der Waals surface area contributed by atoms with E-state index < -0.39 is 5.97 Å². The van der Waals surface area contributed by atoms with Crippen molar-refractivity contribution in [1.29, 1.82) is 0 Å². The quantitative estimate of drug-likeness (QED) is 0.617. The van der Waals surface area contributed by atoms with Crippen LogP contribution >= 0.6 is 0 Å². The van der Waals surface area contributed by atoms with Crippen molar-refractivity contribution in [2.75, 3.05) is 0 Å². The predicted octanol–water partition coefficient (Wildman–Crippen LogP) is 4.19. The summed E-state index contributed by atoms with van der Waals surface area (Å²) in [5.74, 6) is -0.784. The Labute approximate surface area is 139 Å². The molecular formula is C21H14O3. The minimum Gasteiger partial charge on any atom is -0.481 e. The van der Waals surface area contributed by atoms with Gasteiger partial charge in [-0.25, -0.2) is 0 Å². The maximum absolute atomic E-state index is 12.6. The van der Waals surface area contributed by atoms with Crippen molar-refractivity contribution >= 4 is 11.8 Å². The van der Waals surface area contributed by atoms with Gasteiger partial charge in [0.05, 0.1) is 6.42 Å². The predicted molar refractivity (Wildman–Crippen MR) is 92.1 cm³/mol. The zero-order valence-electron chi connectivity index (χ0n) is 12.8. The molecule has 3 nitrogen and oxygen atoms in total. The Bertz CT molecular complexity index is 969. The van der Waals surface area contributed by atoms with Gasteiger partial charge in [0, 0.05) is 11.1 Å². The molecule has 0 unspecified atom stereocenters. The fourth-order valence-electron chi connectivity index (χ4n) is 3.20. The third kappa shape index (κ3) is 2.31. The number of hydrogen-bond acceptors (Lipinski definition) is 2. The number of carboxylic acids is 1. The van der Waals surface area contributed by atoms with Gasteiger partial charge in [-0.1, -0.05) is 60.7 Å². The summed E-state index contributed by atoms with van der Waals surface area (Å²) in [5, 5.41) is 8.84. The van der Waals surface area contributed by atoms with Crippen LogP contribution in [0.15, 0.2) is 66.7 Å². The number of ketones is 1. The molecule has 0 saturated heterocycles. The fraction of sp³-hybridized carbons (Fsp3) is 0.0476. The first-order valence-electron chi connectivity index (χ1n) is 7.73. The van der Waals surface area contributed by atoms with E-state index in [9.17, 15) is 9.59 Å². The van der Waals surface area contributed by atoms with Crippen LogP contribution in [-0.4, -0.2) is 16.9 Å². The van der Waals surface area contributed by atoms with E-state index >= 15 is 0 Å². The van der Waals surface area contributed by atoms with Crippen LogP contribution < -0.4 is 0 Å². The van der Waals surface area contributed by atoms with Crippen LogP contribution in [0.3, 0.4) is 0 Å². The van der Waals surface area contributed by atoms with Crippen molar-refractivity contribution in [3.63, 3.8) is 0 Å². The Morgan fingerprint density at radius 1 is 0.750 bits per heavy atom. The summed E-state index contributed by atoms with van der Waals surface area (Å²) in [4.78, 5) is 23.3. The average molecular weight is 314 g/mol. The van der Waals surface area contributed by atoms with Crippen molar-refractivity contribution in [3.05, 3.63) is 83.4 Å². The summed E-state index contributed by atoms with van der Waals surface area (Å²) >= 11 is 0. The monoisotopic (exact) mass is 314 g/mol. The van der Waals surface area contributed by atoms with Crippen molar-refractivity contribution in [1.82, 2.24) is 0 Å². The van der Waals surface area contributed by atoms with Crippen LogP contribution in [0.1, 0.15) is 21.5 Å². The van der Waals surface area contributed by atoms with Gasteiger partial charge in [-0.3, -0.25) is 9.59 Å². The summed E-state index contributed by atoms with van der Waals surface area (Å²) in [6.45, 7) is 0. The topological polar surface area (TPSA) is 54.4 Å². The van der Waals surface area contributed by atoms with Crippen LogP contribution in [0.5, 0.6) is 0 Å². The smallest absolute Gasteiger partial charge is 0.307 e. The highest BCUT2D eigenvalue weighted by Gasteiger charge is 2.26. The van der Waals surface area contributed by atoms with Crippen molar-refractivity contribution in [3.8, 4) is 22.3 Å². The number of carbonyl (C=O) groups excluding carboxylic acids is 1. The summed E-state index contributed by atoms with van der Waals surface area (Å²) in [6, 6.07) is 21.0. The van der Waals surface area contributed by atoms with Gasteiger partial charge >= 0.3 is 5.97 Å². The number of carboxylic acid groups (broad SMARTS) is 1. The molecular weight excluding hydrogens is 300 g/mol. The summed E-state index contributed by atoms with van der Waals surface area (Å²) < 4.78 is 0. The second-order valence-electron chi connectivity index (χ2n) is 5.90. The molecule has 4 rings (SSSR count). The van der Waals surface area contributed by atoms with Gasteiger partial charge in [0.2, 0.25) is 0 Å². The van der Waals surface area contributed by atoms with E-state index in [1.54, 1.807) is 0 Å². The van der Waals surface area contributed by atoms with Crippen LogP contribution in [0, 0.1) is 0 Å². The molecule has 0 heterocycles. The highest BCUT2D eigenvalue weighted by atomic mass is 16.4. The molecule has 0 aromatic heterocycles. The van der Waals surface area contributed by atoms with E-state index in [4.69, 9.17) is 5.11 Å². The van der Waals surface area contributed by atoms with E-state index in [0.717, 1.165) is 38.9 Å². The van der Waals surface area contributed by atoms with Crippen LogP contribution in [0.25, 0.3) is 22.3 Å². The highest BCUT2D eigenvalue weighted by molar-refractivity contribution is 6.22. The molecule has 0 aliphatic heterocycles. The second-order valence-corrected chi connectivity index (χ2v) is 5.90. The molecule has 3 aromatic carbocycles. The largest absolute Gasteiger partial charge is 0.481 e. The van der Waals surface area contributed by atoms with E-state index in [-0.39, 0.29) is 12.2 Å². The molecule has 1 N–H and O–H groups in total. The molecule has 0 atom stereocenters. The third-order valence-corrected chi connectivity index (χ3v) is 4.37. The maximum atomic E-state index is 12.6. The summed E-state index contributed by atoms with van der Waals surface area (Å²) in [7, 11) is 0. The number of aliphatic carboxylic acids is 1. The summed E-state index contributed by atoms with van der Waals surface area (Å²) in [5.41, 5.74) is 6.12. The number of carbonyl (C=O) groups is 2. The van der Waals surface area contributed by atoms with E-state index in [1.807, 2.05) is 66.7 Å². The lowest BCUT2D eigenvalue weighted by atomic mass is 9.98. The first kappa shape index (κ1) is 14.4. The number of hydrogen-bond donors (Lipinski definition) is 1. The lowest BCUT2D eigenvalue weighted by Gasteiger charge is -2.06. The van der Waals surface area contributed by atoms with Gasteiger partial charge in [-0.2, -0.15) is 0 Å². The summed E-state index contributed by atoms with van der Waals surface area (Å²) in [6.07, 6.45) is 0.0122. The van der Waals surface area contributed by atoms with Gasteiger partial charge in [0.15, 0.2) is 5.78 Å². The SMILES string of the molecule is O=C(O)Cc1ccc(-c2ccc3c(c2)C(=O)c2ccccc2-3)cc1. The standard InChI is InChI=1S/C21H14O3/c22-20(23)11-13-5-7-14(8-6-13)15-9-10-17-16-3-1-2-4-18(16)21(24)19(17)12-15/h1-10,12H,11H2,(H,22,23). The minimum atomic E-state index is -0.844. The Balaban J connectivity index is 1.72. The molecule has 0 fully saturated rings. The first-order valence-corrected chi connectivity index (χ1v) is 7.73. The Morgan fingerprint density at radius 2 is 1.38 bits per heavy atom. The van der Waals surface area contributed by atoms with Gasteiger partial charge < -0.3 is 5.11 Å². The Morgan fingerprint density at radius 3 is 2.08 bits per heavy atom. The molecule has 3 aromatic rings. The van der Waals surface area contributed by atoms with Crippen molar-refractivity contribution in [2.45, 2.75) is 6.42 Å². The van der Waals surface area contributed by atoms with Gasteiger partial charge in [0.1, 0.15) is 0 Å². The molecule has 1 aliphatic rings. The molecule has 116 valence electrons. The lowest BCUT2D eigenvalue weighted by Crippen LogP contribution is -1.99. The number of rotatable bonds is 3. The zero-order chi connectivity index (χ0) is 16.7. The lowest BCUT2D eigenvalue weighted by molar-refractivity contribution is -0.136. The molecule has 0 bridgehead atoms. The molecule has 0 saturated carbocycles. The van der Waals surface area contributed by atoms with Gasteiger partial charge in [-0.05, 0) is 33.9 Å². The second kappa shape index (κ2) is 5.46. The zero-order valence-corrected chi connectivity index (χ0v) is 12.8. The van der Waals surface area contributed by atoms with Crippen LogP contribution in [0.4, 0.5) is 0 Å². The molecule has 0 radical (unpaired) electrons.